The molecule has 4 aromatic rings. The molecule has 3 aromatic carbocycles. The SMILES string of the molecule is COc1cccc(C2C(C(=O)c3ccc(Cl)s3)C(c3ccc(N(C)C)cc3)N(C(=O)Nc3cccc(C)c3)C2(C)C(=O)O)c1. The maximum Gasteiger partial charge on any atom is 0.330 e. The van der Waals surface area contributed by atoms with E-state index in [1.165, 1.54) is 18.9 Å². The highest BCUT2D eigenvalue weighted by atomic mass is 35.5. The molecule has 1 aromatic heterocycles. The number of rotatable bonds is 8. The third-order valence-electron chi connectivity index (χ3n) is 8.33. The van der Waals surface area contributed by atoms with Gasteiger partial charge in [0.15, 0.2) is 5.78 Å². The number of halogens is 1. The molecule has 228 valence electrons. The van der Waals surface area contributed by atoms with Crippen LogP contribution in [-0.2, 0) is 4.79 Å². The van der Waals surface area contributed by atoms with Crippen molar-refractivity contribution in [2.24, 2.45) is 5.92 Å². The average molecular weight is 632 g/mol. The molecule has 0 bridgehead atoms. The molecule has 44 heavy (non-hydrogen) atoms. The number of ketones is 1. The minimum Gasteiger partial charge on any atom is -0.497 e. The summed E-state index contributed by atoms with van der Waals surface area (Å²) in [5, 5.41) is 13.9. The van der Waals surface area contributed by atoms with Gasteiger partial charge in [-0.05, 0) is 79.1 Å². The number of nitrogens with zero attached hydrogens (tertiary/aromatic N) is 2. The molecule has 1 aliphatic heterocycles. The molecule has 2 N–H and O–H groups in total. The van der Waals surface area contributed by atoms with Crippen LogP contribution in [0.15, 0.2) is 84.9 Å². The van der Waals surface area contributed by atoms with Gasteiger partial charge in [-0.1, -0.05) is 48.0 Å². The number of aryl methyl sites for hydroxylation is 1. The lowest BCUT2D eigenvalue weighted by Crippen LogP contribution is -2.55. The van der Waals surface area contributed by atoms with Gasteiger partial charge in [-0.3, -0.25) is 9.69 Å². The Morgan fingerprint density at radius 3 is 2.27 bits per heavy atom. The Labute approximate surface area is 265 Å². The number of carbonyl (C=O) groups is 3. The molecular weight excluding hydrogens is 598 g/mol. The van der Waals surface area contributed by atoms with E-state index in [9.17, 15) is 19.5 Å². The van der Waals surface area contributed by atoms with E-state index in [4.69, 9.17) is 16.3 Å². The van der Waals surface area contributed by atoms with Crippen molar-refractivity contribution in [1.82, 2.24) is 4.90 Å². The zero-order chi connectivity index (χ0) is 31.8. The molecule has 0 saturated carbocycles. The van der Waals surface area contributed by atoms with Crippen LogP contribution in [0.1, 0.15) is 45.2 Å². The van der Waals surface area contributed by atoms with Gasteiger partial charge in [-0.25, -0.2) is 9.59 Å². The molecule has 2 heterocycles. The Balaban J connectivity index is 1.78. The molecule has 1 fully saturated rings. The molecule has 0 aliphatic carbocycles. The number of likely N-dealkylation sites (tertiary alicyclic amines) is 1. The van der Waals surface area contributed by atoms with Crippen molar-refractivity contribution in [3.63, 3.8) is 0 Å². The van der Waals surface area contributed by atoms with Crippen molar-refractivity contribution in [1.29, 1.82) is 0 Å². The number of ether oxygens (including phenoxy) is 1. The molecule has 0 spiro atoms. The number of benzene rings is 3. The summed E-state index contributed by atoms with van der Waals surface area (Å²) in [4.78, 5) is 46.2. The maximum absolute atomic E-state index is 14.6. The second kappa shape index (κ2) is 12.3. The lowest BCUT2D eigenvalue weighted by Gasteiger charge is -2.38. The second-order valence-corrected chi connectivity index (χ2v) is 13.0. The van der Waals surface area contributed by atoms with Gasteiger partial charge in [0.1, 0.15) is 11.3 Å². The first-order chi connectivity index (χ1) is 20.9. The number of carbonyl (C=O) groups excluding carboxylic acids is 2. The van der Waals surface area contributed by atoms with Gasteiger partial charge in [0.25, 0.3) is 0 Å². The van der Waals surface area contributed by atoms with Gasteiger partial charge in [0, 0.05) is 31.4 Å². The number of carboxylic acids is 1. The molecular formula is C34H34ClN3O5S. The fraction of sp³-hybridized carbons (Fsp3) is 0.265. The van der Waals surface area contributed by atoms with Gasteiger partial charge >= 0.3 is 12.0 Å². The first kappa shape index (κ1) is 31.1. The summed E-state index contributed by atoms with van der Waals surface area (Å²) in [7, 11) is 5.36. The number of nitrogens with one attached hydrogen (secondary N) is 1. The molecule has 4 unspecified atom stereocenters. The lowest BCUT2D eigenvalue weighted by atomic mass is 9.72. The van der Waals surface area contributed by atoms with Crippen LogP contribution in [0.4, 0.5) is 16.2 Å². The number of Topliss-reactive ketones (excluding diaryl/α,β-unsaturated/α-hetero) is 1. The van der Waals surface area contributed by atoms with Crippen LogP contribution in [-0.4, -0.2) is 54.5 Å². The van der Waals surface area contributed by atoms with Crippen molar-refractivity contribution >= 4 is 52.1 Å². The zero-order valence-corrected chi connectivity index (χ0v) is 26.6. The van der Waals surface area contributed by atoms with E-state index in [1.54, 1.807) is 42.5 Å². The highest BCUT2D eigenvalue weighted by Crippen LogP contribution is 2.57. The van der Waals surface area contributed by atoms with E-state index < -0.39 is 35.4 Å². The molecule has 10 heteroatoms. The van der Waals surface area contributed by atoms with Crippen LogP contribution in [0, 0.1) is 12.8 Å². The van der Waals surface area contributed by atoms with Crippen molar-refractivity contribution < 1.29 is 24.2 Å². The Morgan fingerprint density at radius 2 is 1.68 bits per heavy atom. The first-order valence-corrected chi connectivity index (χ1v) is 15.3. The molecule has 5 rings (SSSR count). The summed E-state index contributed by atoms with van der Waals surface area (Å²) >= 11 is 7.40. The van der Waals surface area contributed by atoms with Crippen LogP contribution in [0.2, 0.25) is 4.34 Å². The number of methoxy groups -OCH3 is 1. The summed E-state index contributed by atoms with van der Waals surface area (Å²) < 4.78 is 5.93. The van der Waals surface area contributed by atoms with Gasteiger partial charge in [-0.2, -0.15) is 0 Å². The van der Waals surface area contributed by atoms with Gasteiger partial charge in [-0.15, -0.1) is 11.3 Å². The number of anilines is 2. The second-order valence-electron chi connectivity index (χ2n) is 11.3. The van der Waals surface area contributed by atoms with E-state index in [1.807, 2.05) is 68.4 Å². The first-order valence-electron chi connectivity index (χ1n) is 14.1. The van der Waals surface area contributed by atoms with Crippen LogP contribution in [0.3, 0.4) is 0 Å². The topological polar surface area (TPSA) is 99.2 Å². The predicted molar refractivity (Wildman–Crippen MR) is 174 cm³/mol. The summed E-state index contributed by atoms with van der Waals surface area (Å²) in [6.45, 7) is 3.42. The average Bonchev–Trinajstić information content (AvgIpc) is 3.56. The standard InChI is InChI=1S/C34H34ClN3O5S/c1-20-8-6-10-23(18-20)36-33(42)38-30(21-12-14-24(15-13-21)37(3)4)28(31(39)26-16-17-27(35)44-26)29(34(38,2)32(40)41)22-9-7-11-25(19-22)43-5/h6-19,28-30H,1-5H3,(H,36,42)(H,40,41). The van der Waals surface area contributed by atoms with Crippen LogP contribution in [0.25, 0.3) is 0 Å². The fourth-order valence-electron chi connectivity index (χ4n) is 6.21. The number of aliphatic carboxylic acids is 1. The normalized spacial score (nSPS) is 21.1. The van der Waals surface area contributed by atoms with E-state index in [0.717, 1.165) is 22.6 Å². The predicted octanol–water partition coefficient (Wildman–Crippen LogP) is 7.50. The highest BCUT2D eigenvalue weighted by Gasteiger charge is 2.65. The molecule has 1 saturated heterocycles. The van der Waals surface area contributed by atoms with Gasteiger partial charge < -0.3 is 20.1 Å². The number of carboxylic acid groups (broad SMARTS) is 1. The zero-order valence-electron chi connectivity index (χ0n) is 25.1. The van der Waals surface area contributed by atoms with Crippen LogP contribution < -0.4 is 15.0 Å². The minimum atomic E-state index is -1.85. The Kier molecular flexibility index (Phi) is 8.72. The molecule has 4 atom stereocenters. The molecule has 2 amide bonds. The minimum absolute atomic E-state index is 0.297. The maximum atomic E-state index is 14.6. The summed E-state index contributed by atoms with van der Waals surface area (Å²) in [5.41, 5.74) is 1.71. The quantitative estimate of drug-likeness (QED) is 0.195. The van der Waals surface area contributed by atoms with Crippen LogP contribution >= 0.6 is 22.9 Å². The van der Waals surface area contributed by atoms with E-state index in [0.29, 0.717) is 31.8 Å². The molecule has 1 aliphatic rings. The highest BCUT2D eigenvalue weighted by molar-refractivity contribution is 7.18. The van der Waals surface area contributed by atoms with Crippen molar-refractivity contribution in [2.75, 3.05) is 31.4 Å². The number of hydrogen-bond donors (Lipinski definition) is 2. The Bertz CT molecular complexity index is 1710. The number of thiophene rings is 1. The third kappa shape index (κ3) is 5.65. The summed E-state index contributed by atoms with van der Waals surface area (Å²) in [6.07, 6.45) is 0. The number of amides is 2. The fourth-order valence-corrected chi connectivity index (χ4v) is 7.24. The number of hydrogen-bond acceptors (Lipinski definition) is 6. The Hall–Kier alpha value is -4.34. The van der Waals surface area contributed by atoms with Crippen molar-refractivity contribution in [3.8, 4) is 5.75 Å². The van der Waals surface area contributed by atoms with E-state index >= 15 is 0 Å². The smallest absolute Gasteiger partial charge is 0.330 e. The number of urea groups is 1. The molecule has 0 radical (unpaired) electrons. The monoisotopic (exact) mass is 631 g/mol. The summed E-state index contributed by atoms with van der Waals surface area (Å²) in [5.74, 6) is -2.96. The molecule has 8 nitrogen and oxygen atoms in total. The van der Waals surface area contributed by atoms with Crippen molar-refractivity contribution in [3.05, 3.63) is 111 Å². The van der Waals surface area contributed by atoms with Crippen molar-refractivity contribution in [2.45, 2.75) is 31.3 Å². The van der Waals surface area contributed by atoms with E-state index in [2.05, 4.69) is 5.32 Å². The largest absolute Gasteiger partial charge is 0.497 e. The van der Waals surface area contributed by atoms with Gasteiger partial charge in [0.2, 0.25) is 0 Å². The Morgan fingerprint density at radius 1 is 0.977 bits per heavy atom. The van der Waals surface area contributed by atoms with Gasteiger partial charge in [0.05, 0.1) is 28.3 Å². The summed E-state index contributed by atoms with van der Waals surface area (Å²) in [6, 6.07) is 23.5. The lowest BCUT2D eigenvalue weighted by molar-refractivity contribution is -0.148. The van der Waals surface area contributed by atoms with E-state index in [-0.39, 0.29) is 5.78 Å². The third-order valence-corrected chi connectivity index (χ3v) is 9.57. The van der Waals surface area contributed by atoms with Crippen LogP contribution in [0.5, 0.6) is 5.75 Å².